The van der Waals surface area contributed by atoms with E-state index in [4.69, 9.17) is 4.84 Å². The van der Waals surface area contributed by atoms with Gasteiger partial charge in [0, 0.05) is 31.0 Å². The Hall–Kier alpha value is -1.69. The minimum atomic E-state index is -0.253. The molecule has 216 valence electrons. The summed E-state index contributed by atoms with van der Waals surface area (Å²) in [5, 5.41) is 8.18. The Labute approximate surface area is 235 Å². The summed E-state index contributed by atoms with van der Waals surface area (Å²) in [5.41, 5.74) is 2.88. The van der Waals surface area contributed by atoms with Crippen LogP contribution in [-0.4, -0.2) is 47.7 Å². The predicted octanol–water partition coefficient (Wildman–Crippen LogP) is 6.89. The number of ketones is 1. The first-order valence-electron chi connectivity index (χ1n) is 16.2. The molecular weight excluding hydrogens is 486 g/mol. The highest BCUT2D eigenvalue weighted by Crippen LogP contribution is 2.66. The van der Waals surface area contributed by atoms with Gasteiger partial charge in [0.15, 0.2) is 5.78 Å². The second kappa shape index (κ2) is 10.6. The van der Waals surface area contributed by atoms with Crippen molar-refractivity contribution in [1.29, 1.82) is 0 Å². The summed E-state index contributed by atoms with van der Waals surface area (Å²) in [6.07, 6.45) is 16.4. The van der Waals surface area contributed by atoms with E-state index >= 15 is 0 Å². The molecule has 5 aliphatic carbocycles. The molecule has 4 saturated carbocycles. The van der Waals surface area contributed by atoms with Crippen LogP contribution in [0.3, 0.4) is 0 Å². The fourth-order valence-electron chi connectivity index (χ4n) is 10.4. The molecule has 1 aliphatic heterocycles. The largest absolute Gasteiger partial charge is 0.436 e. The van der Waals surface area contributed by atoms with Gasteiger partial charge in [0.2, 0.25) is 0 Å². The second-order valence-electron chi connectivity index (χ2n) is 14.7. The number of hydrogen-bond acceptors (Lipinski definition) is 5. The quantitative estimate of drug-likeness (QED) is 0.235. The molecule has 0 radical (unpaired) electrons. The third-order valence-corrected chi connectivity index (χ3v) is 12.8. The van der Waals surface area contributed by atoms with E-state index in [9.17, 15) is 9.59 Å². The van der Waals surface area contributed by atoms with Crippen molar-refractivity contribution in [2.24, 2.45) is 45.6 Å². The number of nitrogens with one attached hydrogen (secondary N) is 1. The third kappa shape index (κ3) is 4.81. The Bertz CT molecular complexity index is 1030. The van der Waals surface area contributed by atoms with Crippen LogP contribution in [0.2, 0.25) is 0 Å². The number of carbonyl (C=O) groups is 2. The van der Waals surface area contributed by atoms with E-state index in [1.165, 1.54) is 50.5 Å². The van der Waals surface area contributed by atoms with Gasteiger partial charge in [-0.2, -0.15) is 0 Å². The molecule has 0 aromatic rings. The Balaban J connectivity index is 1.14. The lowest BCUT2D eigenvalue weighted by Crippen LogP contribution is -2.51. The number of nitrogens with zero attached hydrogens (tertiary/aromatic N) is 2. The van der Waals surface area contributed by atoms with Crippen molar-refractivity contribution in [2.75, 3.05) is 13.1 Å². The van der Waals surface area contributed by atoms with Gasteiger partial charge in [0.05, 0.1) is 5.71 Å². The molecule has 8 atom stereocenters. The van der Waals surface area contributed by atoms with Gasteiger partial charge in [0.25, 0.3) is 0 Å². The summed E-state index contributed by atoms with van der Waals surface area (Å²) in [5.74, 6) is 3.43. The molecule has 0 aromatic heterocycles. The number of amides is 1. The van der Waals surface area contributed by atoms with Crippen LogP contribution >= 0.6 is 0 Å². The maximum atomic E-state index is 13.4. The maximum absolute atomic E-state index is 13.4. The average molecular weight is 538 g/mol. The number of carbonyl (C=O) groups excluding carboxylic acids is 2. The molecule has 6 aliphatic rings. The third-order valence-electron chi connectivity index (χ3n) is 12.8. The van der Waals surface area contributed by atoms with Crippen molar-refractivity contribution < 1.29 is 14.4 Å². The number of oxime groups is 1. The molecule has 1 N–H and O–H groups in total. The van der Waals surface area contributed by atoms with E-state index in [0.717, 1.165) is 63.2 Å². The predicted molar refractivity (Wildman–Crippen MR) is 154 cm³/mol. The van der Waals surface area contributed by atoms with Gasteiger partial charge in [-0.25, -0.2) is 4.79 Å². The molecule has 6 nitrogen and oxygen atoms in total. The number of hydrogen-bond donors (Lipinski definition) is 1. The Morgan fingerprint density at radius 1 is 1.05 bits per heavy atom. The molecule has 39 heavy (non-hydrogen) atoms. The summed E-state index contributed by atoms with van der Waals surface area (Å²) < 4.78 is 0. The van der Waals surface area contributed by atoms with Crippen molar-refractivity contribution in [3.05, 3.63) is 11.6 Å². The first kappa shape index (κ1) is 27.5. The number of allylic oxidation sites excluding steroid dienone is 1. The normalized spacial score (nSPS) is 42.5. The number of fused-ring (bicyclic) bond motifs is 5. The van der Waals surface area contributed by atoms with Gasteiger partial charge >= 0.3 is 6.09 Å². The Morgan fingerprint density at radius 2 is 1.85 bits per heavy atom. The second-order valence-corrected chi connectivity index (χ2v) is 14.7. The molecular formula is C33H51N3O3. The summed E-state index contributed by atoms with van der Waals surface area (Å²) in [6.45, 7) is 11.1. The maximum Gasteiger partial charge on any atom is 0.436 e. The first-order chi connectivity index (χ1) is 18.7. The van der Waals surface area contributed by atoms with Crippen molar-refractivity contribution in [2.45, 2.75) is 123 Å². The smallest absolute Gasteiger partial charge is 0.312 e. The molecule has 6 rings (SSSR count). The van der Waals surface area contributed by atoms with Crippen LogP contribution < -0.4 is 5.32 Å². The SMILES string of the molecule is C/C(=N\OC(=O)N(CC1NCCC1C)C1CCCC1)[C@H]1CC[C@H]2[C@@H]3CCC4=CC(=O)CC[C@]4(C)[C@H]3CC[C@]12C. The van der Waals surface area contributed by atoms with Crippen LogP contribution in [0.25, 0.3) is 0 Å². The van der Waals surface area contributed by atoms with Crippen LogP contribution in [0.5, 0.6) is 0 Å². The average Bonchev–Trinajstić information content (AvgIpc) is 3.66. The lowest BCUT2D eigenvalue weighted by Gasteiger charge is -2.58. The lowest BCUT2D eigenvalue weighted by atomic mass is 9.46. The molecule has 5 fully saturated rings. The van der Waals surface area contributed by atoms with E-state index in [0.29, 0.717) is 35.5 Å². The van der Waals surface area contributed by atoms with Crippen molar-refractivity contribution in [1.82, 2.24) is 10.2 Å². The summed E-state index contributed by atoms with van der Waals surface area (Å²) >= 11 is 0. The summed E-state index contributed by atoms with van der Waals surface area (Å²) in [7, 11) is 0. The van der Waals surface area contributed by atoms with Gasteiger partial charge in [-0.3, -0.25) is 9.63 Å². The van der Waals surface area contributed by atoms with E-state index in [2.05, 4.69) is 38.2 Å². The molecule has 1 amide bonds. The highest BCUT2D eigenvalue weighted by atomic mass is 16.7. The van der Waals surface area contributed by atoms with Crippen LogP contribution in [0, 0.1) is 40.4 Å². The van der Waals surface area contributed by atoms with E-state index in [1.807, 2.05) is 11.0 Å². The van der Waals surface area contributed by atoms with Gasteiger partial charge in [0.1, 0.15) is 0 Å². The van der Waals surface area contributed by atoms with Crippen molar-refractivity contribution in [3.8, 4) is 0 Å². The minimum absolute atomic E-state index is 0.213. The van der Waals surface area contributed by atoms with Gasteiger partial charge in [-0.05, 0) is 118 Å². The standard InChI is InChI=1S/C33H51N3O3/c1-21-15-18-34-30(21)20-36(24-7-5-6-8-24)31(38)39-35-22(2)27-11-12-28-26-10-9-23-19-25(37)13-16-32(23,3)29(26)14-17-33(27,28)4/h19,21,24,26-30,34H,5-18,20H2,1-4H3/b35-22+/t21?,26-,27+,28-,29-,30?,32-,33+/m0/s1. The van der Waals surface area contributed by atoms with E-state index < -0.39 is 0 Å². The van der Waals surface area contributed by atoms with Gasteiger partial charge in [-0.1, -0.05) is 44.3 Å². The molecule has 0 aromatic carbocycles. The van der Waals surface area contributed by atoms with Crippen LogP contribution in [0.4, 0.5) is 4.79 Å². The Kier molecular flexibility index (Phi) is 7.48. The molecule has 0 bridgehead atoms. The van der Waals surface area contributed by atoms with Crippen molar-refractivity contribution >= 4 is 17.6 Å². The van der Waals surface area contributed by atoms with Crippen LogP contribution in [0.1, 0.15) is 111 Å². The van der Waals surface area contributed by atoms with E-state index in [-0.39, 0.29) is 23.0 Å². The zero-order valence-electron chi connectivity index (χ0n) is 24.8. The van der Waals surface area contributed by atoms with Crippen molar-refractivity contribution in [3.63, 3.8) is 0 Å². The van der Waals surface area contributed by atoms with Crippen LogP contribution in [-0.2, 0) is 9.63 Å². The Morgan fingerprint density at radius 3 is 2.59 bits per heavy atom. The molecule has 2 unspecified atom stereocenters. The fraction of sp³-hybridized carbons (Fsp3) is 0.848. The van der Waals surface area contributed by atoms with E-state index in [1.54, 1.807) is 0 Å². The summed E-state index contributed by atoms with van der Waals surface area (Å²) in [6, 6.07) is 0.635. The first-order valence-corrected chi connectivity index (χ1v) is 16.2. The monoisotopic (exact) mass is 537 g/mol. The highest BCUT2D eigenvalue weighted by molar-refractivity contribution is 5.91. The minimum Gasteiger partial charge on any atom is -0.312 e. The highest BCUT2D eigenvalue weighted by Gasteiger charge is 2.59. The fourth-order valence-corrected chi connectivity index (χ4v) is 10.4. The summed E-state index contributed by atoms with van der Waals surface area (Å²) in [4.78, 5) is 33.4. The van der Waals surface area contributed by atoms with Gasteiger partial charge < -0.3 is 10.2 Å². The molecule has 1 heterocycles. The zero-order valence-corrected chi connectivity index (χ0v) is 24.8. The zero-order chi connectivity index (χ0) is 27.4. The topological polar surface area (TPSA) is 71.0 Å². The molecule has 1 saturated heterocycles. The van der Waals surface area contributed by atoms with Crippen LogP contribution in [0.15, 0.2) is 16.8 Å². The molecule has 0 spiro atoms. The molecule has 6 heteroatoms. The van der Waals surface area contributed by atoms with Gasteiger partial charge in [-0.15, -0.1) is 0 Å². The lowest BCUT2D eigenvalue weighted by molar-refractivity contribution is -0.117. The number of rotatable bonds is 5.